The first-order valence-electron chi connectivity index (χ1n) is 14.0. The van der Waals surface area contributed by atoms with Crippen LogP contribution in [0, 0.1) is 3.57 Å². The van der Waals surface area contributed by atoms with Crippen molar-refractivity contribution in [3.63, 3.8) is 0 Å². The smallest absolute Gasteiger partial charge is 0.174 e. The van der Waals surface area contributed by atoms with Crippen LogP contribution in [-0.4, -0.2) is 23.6 Å². The van der Waals surface area contributed by atoms with Crippen molar-refractivity contribution in [3.8, 4) is 11.5 Å². The SMILES string of the molecule is COc1cc(C2C3=C(CCCC3=O)N(Cc3ccccc3)C3=C2C(=O)CCC3)cc(I)c1OCc1ccc(Br)cc1. The minimum absolute atomic E-state index is 0.142. The van der Waals surface area contributed by atoms with Gasteiger partial charge in [0, 0.05) is 52.3 Å². The van der Waals surface area contributed by atoms with Gasteiger partial charge in [-0.1, -0.05) is 58.4 Å². The summed E-state index contributed by atoms with van der Waals surface area (Å²) in [6, 6.07) is 22.4. The average Bonchev–Trinajstić information content (AvgIpc) is 2.98. The summed E-state index contributed by atoms with van der Waals surface area (Å²) in [6.45, 7) is 1.06. The first-order chi connectivity index (χ1) is 19.9. The minimum Gasteiger partial charge on any atom is -0.493 e. The average molecular weight is 724 g/mol. The molecule has 0 N–H and O–H groups in total. The van der Waals surface area contributed by atoms with E-state index in [9.17, 15) is 9.59 Å². The molecule has 0 amide bonds. The molecule has 0 bridgehead atoms. The quantitative estimate of drug-likeness (QED) is 0.230. The van der Waals surface area contributed by atoms with Crippen molar-refractivity contribution in [1.82, 2.24) is 4.90 Å². The number of nitrogens with zero attached hydrogens (tertiary/aromatic N) is 1. The van der Waals surface area contributed by atoms with Crippen molar-refractivity contribution in [3.05, 3.63) is 114 Å². The first kappa shape index (κ1) is 28.2. The van der Waals surface area contributed by atoms with Gasteiger partial charge in [-0.2, -0.15) is 0 Å². The molecule has 1 heterocycles. The van der Waals surface area contributed by atoms with Crippen LogP contribution in [0.5, 0.6) is 11.5 Å². The Morgan fingerprint density at radius 2 is 1.49 bits per heavy atom. The Morgan fingerprint density at radius 1 is 0.854 bits per heavy atom. The predicted octanol–water partition coefficient (Wildman–Crippen LogP) is 8.25. The van der Waals surface area contributed by atoms with Crippen molar-refractivity contribution in [2.24, 2.45) is 0 Å². The van der Waals surface area contributed by atoms with E-state index < -0.39 is 5.92 Å². The van der Waals surface area contributed by atoms with Gasteiger partial charge in [0.05, 0.1) is 10.7 Å². The molecule has 0 atom stereocenters. The zero-order valence-electron chi connectivity index (χ0n) is 22.9. The molecule has 0 spiro atoms. The molecule has 2 aliphatic carbocycles. The second kappa shape index (κ2) is 12.1. The lowest BCUT2D eigenvalue weighted by atomic mass is 9.71. The zero-order valence-corrected chi connectivity index (χ0v) is 26.7. The summed E-state index contributed by atoms with van der Waals surface area (Å²) >= 11 is 5.76. The summed E-state index contributed by atoms with van der Waals surface area (Å²) in [4.78, 5) is 29.7. The predicted molar refractivity (Wildman–Crippen MR) is 171 cm³/mol. The fraction of sp³-hybridized carbons (Fsp3) is 0.294. The zero-order chi connectivity index (χ0) is 28.5. The third-order valence-electron chi connectivity index (χ3n) is 8.15. The van der Waals surface area contributed by atoms with E-state index in [1.807, 2.05) is 48.5 Å². The normalized spacial score (nSPS) is 17.5. The molecule has 3 aromatic carbocycles. The van der Waals surface area contributed by atoms with E-state index in [0.717, 1.165) is 67.4 Å². The topological polar surface area (TPSA) is 55.8 Å². The molecular formula is C34H31BrINO4. The molecule has 0 fully saturated rings. The van der Waals surface area contributed by atoms with Gasteiger partial charge in [0.25, 0.3) is 0 Å². The van der Waals surface area contributed by atoms with Crippen LogP contribution in [0.2, 0.25) is 0 Å². The first-order valence-corrected chi connectivity index (χ1v) is 15.9. The van der Waals surface area contributed by atoms with E-state index >= 15 is 0 Å². The Morgan fingerprint density at radius 3 is 2.10 bits per heavy atom. The Labute approximate surface area is 262 Å². The standard InChI is InChI=1S/C34H31BrINO4/c1-40-30-18-23(17-25(36)34(30)41-20-22-13-15-24(35)16-14-22)31-32-26(9-5-11-28(32)38)37(19-21-7-3-2-4-8-21)27-10-6-12-29(39)33(27)31/h2-4,7-8,13-18,31H,5-6,9-12,19-20H2,1H3. The molecule has 210 valence electrons. The lowest BCUT2D eigenvalue weighted by molar-refractivity contribution is -0.117. The van der Waals surface area contributed by atoms with Crippen molar-refractivity contribution >= 4 is 50.1 Å². The van der Waals surface area contributed by atoms with Gasteiger partial charge in [0.1, 0.15) is 6.61 Å². The molecule has 7 heteroatoms. The fourth-order valence-corrected chi connectivity index (χ4v) is 7.33. The number of ether oxygens (including phenoxy) is 2. The Hall–Kier alpha value is -2.91. The molecule has 5 nitrogen and oxygen atoms in total. The van der Waals surface area contributed by atoms with Crippen molar-refractivity contribution in [2.45, 2.75) is 57.6 Å². The Kier molecular flexibility index (Phi) is 8.35. The number of carbonyl (C=O) groups is 2. The van der Waals surface area contributed by atoms with E-state index in [-0.39, 0.29) is 11.6 Å². The van der Waals surface area contributed by atoms with Crippen LogP contribution in [-0.2, 0) is 22.7 Å². The minimum atomic E-state index is -0.393. The van der Waals surface area contributed by atoms with Gasteiger partial charge in [-0.05, 0) is 89.2 Å². The maximum Gasteiger partial charge on any atom is 0.174 e. The highest BCUT2D eigenvalue weighted by molar-refractivity contribution is 14.1. The number of rotatable bonds is 7. The number of carbonyl (C=O) groups excluding carboxylic acids is 2. The highest BCUT2D eigenvalue weighted by Crippen LogP contribution is 2.51. The van der Waals surface area contributed by atoms with Crippen molar-refractivity contribution in [1.29, 1.82) is 0 Å². The number of allylic oxidation sites excluding steroid dienone is 4. The van der Waals surface area contributed by atoms with E-state index in [0.29, 0.717) is 37.5 Å². The molecule has 3 aromatic rings. The van der Waals surface area contributed by atoms with Crippen LogP contribution in [0.3, 0.4) is 0 Å². The summed E-state index contributed by atoms with van der Waals surface area (Å²) < 4.78 is 14.0. The number of hydrogen-bond acceptors (Lipinski definition) is 5. The summed E-state index contributed by atoms with van der Waals surface area (Å²) in [5.74, 6) is 1.16. The molecule has 0 saturated heterocycles. The van der Waals surface area contributed by atoms with Crippen LogP contribution in [0.15, 0.2) is 93.7 Å². The van der Waals surface area contributed by atoms with Crippen LogP contribution in [0.25, 0.3) is 0 Å². The highest BCUT2D eigenvalue weighted by atomic mass is 127. The molecule has 0 aromatic heterocycles. The van der Waals surface area contributed by atoms with Crippen LogP contribution in [0.1, 0.15) is 61.1 Å². The lowest BCUT2D eigenvalue weighted by Gasteiger charge is -2.44. The molecule has 6 rings (SSSR count). The number of benzene rings is 3. The van der Waals surface area contributed by atoms with Crippen LogP contribution in [0.4, 0.5) is 0 Å². The number of methoxy groups -OCH3 is 1. The van der Waals surface area contributed by atoms with Crippen LogP contribution < -0.4 is 9.47 Å². The fourth-order valence-electron chi connectivity index (χ4n) is 6.29. The third kappa shape index (κ3) is 5.63. The van der Waals surface area contributed by atoms with Gasteiger partial charge in [-0.3, -0.25) is 9.59 Å². The van der Waals surface area contributed by atoms with Gasteiger partial charge in [0.2, 0.25) is 0 Å². The second-order valence-electron chi connectivity index (χ2n) is 10.7. The maximum atomic E-state index is 13.7. The molecule has 41 heavy (non-hydrogen) atoms. The second-order valence-corrected chi connectivity index (χ2v) is 12.8. The Bertz CT molecular complexity index is 1520. The highest BCUT2D eigenvalue weighted by Gasteiger charge is 2.43. The summed E-state index contributed by atoms with van der Waals surface area (Å²) in [5.41, 5.74) is 6.84. The van der Waals surface area contributed by atoms with Gasteiger partial charge >= 0.3 is 0 Å². The largest absolute Gasteiger partial charge is 0.493 e. The van der Waals surface area contributed by atoms with Gasteiger partial charge in [-0.15, -0.1) is 0 Å². The van der Waals surface area contributed by atoms with Gasteiger partial charge in [-0.25, -0.2) is 0 Å². The van der Waals surface area contributed by atoms with Gasteiger partial charge in [0.15, 0.2) is 23.1 Å². The number of halogens is 2. The van der Waals surface area contributed by atoms with E-state index in [2.05, 4.69) is 61.6 Å². The lowest BCUT2D eigenvalue weighted by Crippen LogP contribution is -2.38. The molecule has 0 radical (unpaired) electrons. The molecule has 0 unspecified atom stereocenters. The van der Waals surface area contributed by atoms with Crippen molar-refractivity contribution < 1.29 is 19.1 Å². The van der Waals surface area contributed by atoms with E-state index in [1.165, 1.54) is 5.56 Å². The van der Waals surface area contributed by atoms with E-state index in [1.54, 1.807) is 7.11 Å². The number of ketones is 2. The monoisotopic (exact) mass is 723 g/mol. The molecular weight excluding hydrogens is 693 g/mol. The maximum absolute atomic E-state index is 13.7. The van der Waals surface area contributed by atoms with E-state index in [4.69, 9.17) is 9.47 Å². The van der Waals surface area contributed by atoms with Crippen LogP contribution >= 0.6 is 38.5 Å². The molecule has 1 aliphatic heterocycles. The Balaban J connectivity index is 1.44. The summed E-state index contributed by atoms with van der Waals surface area (Å²) in [5, 5.41) is 0. The van der Waals surface area contributed by atoms with Gasteiger partial charge < -0.3 is 14.4 Å². The van der Waals surface area contributed by atoms with Crippen molar-refractivity contribution in [2.75, 3.05) is 7.11 Å². The summed E-state index contributed by atoms with van der Waals surface area (Å²) in [6.07, 6.45) is 4.34. The molecule has 3 aliphatic rings. The number of hydrogen-bond donors (Lipinski definition) is 0. The number of Topliss-reactive ketones (excluding diaryl/α,β-unsaturated/α-hetero) is 2. The third-order valence-corrected chi connectivity index (χ3v) is 9.48. The summed E-state index contributed by atoms with van der Waals surface area (Å²) in [7, 11) is 1.64. The molecule has 0 saturated carbocycles.